The number of carbonyl (C=O) groups is 1. The van der Waals surface area contributed by atoms with Gasteiger partial charge >= 0.3 is 5.97 Å². The van der Waals surface area contributed by atoms with Crippen molar-refractivity contribution in [1.29, 1.82) is 0 Å². The molecule has 0 saturated carbocycles. The Hall–Kier alpha value is -1.86. The molecule has 128 valence electrons. The van der Waals surface area contributed by atoms with E-state index < -0.39 is 0 Å². The lowest BCUT2D eigenvalue weighted by atomic mass is 10.1. The van der Waals surface area contributed by atoms with E-state index in [-0.39, 0.29) is 5.97 Å². The van der Waals surface area contributed by atoms with Crippen LogP contribution in [0, 0.1) is 0 Å². The topological polar surface area (TPSA) is 35.5 Å². The van der Waals surface area contributed by atoms with Gasteiger partial charge in [-0.05, 0) is 48.8 Å². The number of benzene rings is 2. The van der Waals surface area contributed by atoms with E-state index in [4.69, 9.17) is 9.47 Å². The Morgan fingerprint density at radius 2 is 1.83 bits per heavy atom. The molecular weight excluding hydrogens is 319 g/mol. The maximum atomic E-state index is 11.6. The third-order valence-electron chi connectivity index (χ3n) is 3.45. The fourth-order valence-corrected chi connectivity index (χ4v) is 3.11. The van der Waals surface area contributed by atoms with Gasteiger partial charge in [-0.25, -0.2) is 0 Å². The summed E-state index contributed by atoms with van der Waals surface area (Å²) >= 11 is 0. The first kappa shape index (κ1) is 18.5. The first-order valence-corrected chi connectivity index (χ1v) is 9.87. The minimum atomic E-state index is -0.0667. The molecule has 0 aromatic heterocycles. The van der Waals surface area contributed by atoms with Crippen molar-refractivity contribution >= 4 is 14.6 Å². The van der Waals surface area contributed by atoms with Crippen LogP contribution in [0.3, 0.4) is 0 Å². The number of para-hydroxylation sites is 1. The number of aryl methyl sites for hydroxylation is 1. The fraction of sp³-hybridized carbons (Fsp3) is 0.350. The average molecular weight is 344 g/mol. The summed E-state index contributed by atoms with van der Waals surface area (Å²) < 4.78 is 11.1. The SMILES string of the molecule is CCCPCC(=O)OCCCc1cccc(Oc2ccccc2)c1. The molecule has 0 N–H and O–H groups in total. The Morgan fingerprint density at radius 1 is 1.04 bits per heavy atom. The summed E-state index contributed by atoms with van der Waals surface area (Å²) in [5.41, 5.74) is 1.19. The molecule has 2 rings (SSSR count). The zero-order valence-corrected chi connectivity index (χ0v) is 15.2. The van der Waals surface area contributed by atoms with E-state index in [1.165, 1.54) is 5.56 Å². The number of rotatable bonds is 10. The summed E-state index contributed by atoms with van der Waals surface area (Å²) in [4.78, 5) is 11.6. The average Bonchev–Trinajstić information content (AvgIpc) is 2.60. The normalized spacial score (nSPS) is 10.9. The highest BCUT2D eigenvalue weighted by atomic mass is 31.1. The number of hydrogen-bond donors (Lipinski definition) is 0. The molecule has 0 saturated heterocycles. The smallest absolute Gasteiger partial charge is 0.309 e. The van der Waals surface area contributed by atoms with E-state index in [0.29, 0.717) is 21.3 Å². The van der Waals surface area contributed by atoms with Crippen molar-refractivity contribution in [1.82, 2.24) is 0 Å². The summed E-state index contributed by atoms with van der Waals surface area (Å²) in [6.45, 7) is 2.62. The third kappa shape index (κ3) is 7.14. The van der Waals surface area contributed by atoms with Gasteiger partial charge in [-0.3, -0.25) is 4.79 Å². The van der Waals surface area contributed by atoms with Crippen LogP contribution >= 0.6 is 8.58 Å². The summed E-state index contributed by atoms with van der Waals surface area (Å²) in [5, 5.41) is 0. The van der Waals surface area contributed by atoms with Crippen LogP contribution in [0.5, 0.6) is 11.5 Å². The van der Waals surface area contributed by atoms with Gasteiger partial charge in [-0.15, -0.1) is 8.58 Å². The molecule has 24 heavy (non-hydrogen) atoms. The first-order valence-electron chi connectivity index (χ1n) is 8.46. The Labute approximate surface area is 146 Å². The van der Waals surface area contributed by atoms with Crippen molar-refractivity contribution in [3.63, 3.8) is 0 Å². The molecular formula is C20H25O3P. The van der Waals surface area contributed by atoms with Gasteiger partial charge in [-0.1, -0.05) is 43.7 Å². The minimum Gasteiger partial charge on any atom is -0.465 e. The molecule has 0 bridgehead atoms. The highest BCUT2D eigenvalue weighted by molar-refractivity contribution is 7.39. The molecule has 0 heterocycles. The first-order chi connectivity index (χ1) is 11.8. The maximum Gasteiger partial charge on any atom is 0.309 e. The second-order valence-corrected chi connectivity index (χ2v) is 6.92. The largest absolute Gasteiger partial charge is 0.465 e. The molecule has 0 fully saturated rings. The summed E-state index contributed by atoms with van der Waals surface area (Å²) in [6.07, 6.45) is 4.51. The number of esters is 1. The molecule has 2 aromatic carbocycles. The zero-order chi connectivity index (χ0) is 17.0. The number of hydrogen-bond acceptors (Lipinski definition) is 3. The standard InChI is InChI=1S/C20H25O3P/c1-2-14-24-16-20(21)22-13-7-9-17-8-6-12-19(15-17)23-18-10-4-3-5-11-18/h3-6,8,10-12,15,24H,2,7,9,13-14,16H2,1H3. The second-order valence-electron chi connectivity index (χ2n) is 5.56. The maximum absolute atomic E-state index is 11.6. The monoisotopic (exact) mass is 344 g/mol. The molecule has 1 unspecified atom stereocenters. The van der Waals surface area contributed by atoms with Crippen molar-refractivity contribution in [3.8, 4) is 11.5 Å². The third-order valence-corrected chi connectivity index (χ3v) is 4.84. The Bertz CT molecular complexity index is 613. The second kappa shape index (κ2) is 10.8. The molecule has 4 heteroatoms. The summed E-state index contributed by atoms with van der Waals surface area (Å²) in [7, 11) is 0.691. The molecule has 0 spiro atoms. The van der Waals surface area contributed by atoms with Gasteiger partial charge in [-0.2, -0.15) is 0 Å². The quantitative estimate of drug-likeness (QED) is 0.344. The zero-order valence-electron chi connectivity index (χ0n) is 14.2. The van der Waals surface area contributed by atoms with Gasteiger partial charge in [0, 0.05) is 0 Å². The predicted octanol–water partition coefficient (Wildman–Crippen LogP) is 5.04. The van der Waals surface area contributed by atoms with Crippen LogP contribution in [-0.4, -0.2) is 24.9 Å². The highest BCUT2D eigenvalue weighted by Crippen LogP contribution is 2.22. The molecule has 0 radical (unpaired) electrons. The van der Waals surface area contributed by atoms with Crippen molar-refractivity contribution in [2.24, 2.45) is 0 Å². The van der Waals surface area contributed by atoms with Crippen molar-refractivity contribution in [3.05, 3.63) is 60.2 Å². The van der Waals surface area contributed by atoms with E-state index in [0.717, 1.165) is 36.9 Å². The van der Waals surface area contributed by atoms with Crippen LogP contribution < -0.4 is 4.74 Å². The Kier molecular flexibility index (Phi) is 8.34. The minimum absolute atomic E-state index is 0.0667. The van der Waals surface area contributed by atoms with Gasteiger partial charge < -0.3 is 9.47 Å². The van der Waals surface area contributed by atoms with Gasteiger partial charge in [0.2, 0.25) is 0 Å². The van der Waals surface area contributed by atoms with Crippen LogP contribution in [0.4, 0.5) is 0 Å². The molecule has 0 aliphatic carbocycles. The molecule has 1 atom stereocenters. The lowest BCUT2D eigenvalue weighted by molar-refractivity contribution is -0.140. The van der Waals surface area contributed by atoms with E-state index in [1.807, 2.05) is 48.5 Å². The molecule has 0 aliphatic rings. The fourth-order valence-electron chi connectivity index (χ4n) is 2.27. The van der Waals surface area contributed by atoms with Crippen molar-refractivity contribution < 1.29 is 14.3 Å². The van der Waals surface area contributed by atoms with Gasteiger partial charge in [0.05, 0.1) is 12.8 Å². The van der Waals surface area contributed by atoms with Gasteiger partial charge in [0.15, 0.2) is 0 Å². The molecule has 0 amide bonds. The van der Waals surface area contributed by atoms with E-state index in [1.54, 1.807) is 0 Å². The van der Waals surface area contributed by atoms with Crippen LogP contribution in [0.15, 0.2) is 54.6 Å². The van der Waals surface area contributed by atoms with Crippen LogP contribution in [0.1, 0.15) is 25.3 Å². The van der Waals surface area contributed by atoms with E-state index >= 15 is 0 Å². The van der Waals surface area contributed by atoms with E-state index in [2.05, 4.69) is 13.0 Å². The lowest BCUT2D eigenvalue weighted by Crippen LogP contribution is -2.08. The highest BCUT2D eigenvalue weighted by Gasteiger charge is 2.03. The van der Waals surface area contributed by atoms with Crippen LogP contribution in [0.2, 0.25) is 0 Å². The lowest BCUT2D eigenvalue weighted by Gasteiger charge is -2.08. The number of carbonyl (C=O) groups excluding carboxylic acids is 1. The summed E-state index contributed by atoms with van der Waals surface area (Å²) in [6, 6.07) is 17.8. The van der Waals surface area contributed by atoms with Gasteiger partial charge in [0.25, 0.3) is 0 Å². The van der Waals surface area contributed by atoms with Crippen LogP contribution in [-0.2, 0) is 16.0 Å². The molecule has 0 aliphatic heterocycles. The molecule has 2 aromatic rings. The summed E-state index contributed by atoms with van der Waals surface area (Å²) in [5.74, 6) is 1.59. The van der Waals surface area contributed by atoms with Gasteiger partial charge in [0.1, 0.15) is 11.5 Å². The van der Waals surface area contributed by atoms with Crippen molar-refractivity contribution in [2.45, 2.75) is 26.2 Å². The predicted molar refractivity (Wildman–Crippen MR) is 101 cm³/mol. The Balaban J connectivity index is 1.71. The van der Waals surface area contributed by atoms with Crippen molar-refractivity contribution in [2.75, 3.05) is 18.9 Å². The van der Waals surface area contributed by atoms with Crippen LogP contribution in [0.25, 0.3) is 0 Å². The molecule has 3 nitrogen and oxygen atoms in total. The van der Waals surface area contributed by atoms with E-state index in [9.17, 15) is 4.79 Å². The Morgan fingerprint density at radius 3 is 2.62 bits per heavy atom. The number of ether oxygens (including phenoxy) is 2.